The molecule has 16 heavy (non-hydrogen) atoms. The van der Waals surface area contributed by atoms with Crippen LogP contribution in [0.3, 0.4) is 0 Å². The molecule has 0 saturated heterocycles. The predicted octanol–water partition coefficient (Wildman–Crippen LogP) is 4.28. The molecule has 0 spiro atoms. The first kappa shape index (κ1) is 11.6. The molecule has 1 nitrogen and oxygen atoms in total. The lowest BCUT2D eigenvalue weighted by atomic mass is 10.1. The van der Waals surface area contributed by atoms with Gasteiger partial charge in [0.25, 0.3) is 0 Å². The van der Waals surface area contributed by atoms with Gasteiger partial charge in [0.2, 0.25) is 0 Å². The Bertz CT molecular complexity index is 445. The molecule has 2 aromatic heterocycles. The topological polar surface area (TPSA) is 12.9 Å². The van der Waals surface area contributed by atoms with Crippen molar-refractivity contribution in [2.75, 3.05) is 0 Å². The van der Waals surface area contributed by atoms with E-state index in [0.717, 1.165) is 6.42 Å². The number of aromatic nitrogens is 1. The standard InChI is InChI=1S/C13H14ClNS/c1-9-7-13(16-10(9)2)12(14)8-11-3-5-15-6-4-11/h3-7,12H,8H2,1-2H3. The minimum atomic E-state index is 0.0693. The second-order valence-corrected chi connectivity index (χ2v) is 5.73. The van der Waals surface area contributed by atoms with Crippen LogP contribution in [-0.2, 0) is 6.42 Å². The molecule has 2 heterocycles. The van der Waals surface area contributed by atoms with Crippen molar-refractivity contribution in [1.82, 2.24) is 4.98 Å². The molecule has 0 aliphatic rings. The van der Waals surface area contributed by atoms with Crippen LogP contribution < -0.4 is 0 Å². The highest BCUT2D eigenvalue weighted by atomic mass is 35.5. The zero-order chi connectivity index (χ0) is 11.5. The highest BCUT2D eigenvalue weighted by molar-refractivity contribution is 7.12. The number of halogens is 1. The van der Waals surface area contributed by atoms with Crippen LogP contribution in [0.2, 0.25) is 0 Å². The molecule has 0 N–H and O–H groups in total. The Balaban J connectivity index is 2.11. The molecule has 0 bridgehead atoms. The minimum Gasteiger partial charge on any atom is -0.265 e. The van der Waals surface area contributed by atoms with Gasteiger partial charge in [-0.05, 0) is 49.6 Å². The number of thiophene rings is 1. The van der Waals surface area contributed by atoms with Crippen LogP contribution in [0, 0.1) is 13.8 Å². The van der Waals surface area contributed by atoms with Gasteiger partial charge in [-0.2, -0.15) is 0 Å². The van der Waals surface area contributed by atoms with Crippen LogP contribution in [0.25, 0.3) is 0 Å². The lowest BCUT2D eigenvalue weighted by Crippen LogP contribution is -1.93. The number of rotatable bonds is 3. The van der Waals surface area contributed by atoms with Crippen LogP contribution in [-0.4, -0.2) is 4.98 Å². The molecule has 0 amide bonds. The Morgan fingerprint density at radius 2 is 2.00 bits per heavy atom. The van der Waals surface area contributed by atoms with E-state index < -0.39 is 0 Å². The number of nitrogens with zero attached hydrogens (tertiary/aromatic N) is 1. The van der Waals surface area contributed by atoms with Crippen LogP contribution >= 0.6 is 22.9 Å². The van der Waals surface area contributed by atoms with Crippen molar-refractivity contribution in [2.24, 2.45) is 0 Å². The zero-order valence-corrected chi connectivity index (χ0v) is 11.0. The quantitative estimate of drug-likeness (QED) is 0.742. The van der Waals surface area contributed by atoms with Gasteiger partial charge in [-0.1, -0.05) is 0 Å². The Kier molecular flexibility index (Phi) is 3.62. The van der Waals surface area contributed by atoms with E-state index >= 15 is 0 Å². The summed E-state index contributed by atoms with van der Waals surface area (Å²) in [4.78, 5) is 6.62. The van der Waals surface area contributed by atoms with Gasteiger partial charge in [0, 0.05) is 22.1 Å². The van der Waals surface area contributed by atoms with E-state index in [1.807, 2.05) is 24.5 Å². The summed E-state index contributed by atoms with van der Waals surface area (Å²) in [5.41, 5.74) is 2.57. The molecule has 1 atom stereocenters. The van der Waals surface area contributed by atoms with Gasteiger partial charge in [-0.15, -0.1) is 22.9 Å². The van der Waals surface area contributed by atoms with Crippen molar-refractivity contribution in [1.29, 1.82) is 0 Å². The molecule has 3 heteroatoms. The molecule has 2 rings (SSSR count). The summed E-state index contributed by atoms with van der Waals surface area (Å²) < 4.78 is 0. The van der Waals surface area contributed by atoms with Crippen LogP contribution in [0.4, 0.5) is 0 Å². The Hall–Kier alpha value is -0.860. The zero-order valence-electron chi connectivity index (χ0n) is 9.40. The van der Waals surface area contributed by atoms with E-state index in [9.17, 15) is 0 Å². The molecule has 0 saturated carbocycles. The highest BCUT2D eigenvalue weighted by Crippen LogP contribution is 2.32. The largest absolute Gasteiger partial charge is 0.265 e. The summed E-state index contributed by atoms with van der Waals surface area (Å²) in [6.45, 7) is 4.27. The van der Waals surface area contributed by atoms with Gasteiger partial charge < -0.3 is 0 Å². The number of alkyl halides is 1. The molecule has 0 aliphatic heterocycles. The van der Waals surface area contributed by atoms with E-state index in [-0.39, 0.29) is 5.38 Å². The first-order valence-electron chi connectivity index (χ1n) is 5.26. The smallest absolute Gasteiger partial charge is 0.0719 e. The Labute approximate surface area is 105 Å². The predicted molar refractivity (Wildman–Crippen MR) is 70.3 cm³/mol. The monoisotopic (exact) mass is 251 g/mol. The number of hydrogen-bond acceptors (Lipinski definition) is 2. The Morgan fingerprint density at radius 3 is 2.56 bits per heavy atom. The normalized spacial score (nSPS) is 12.7. The van der Waals surface area contributed by atoms with Crippen molar-refractivity contribution in [3.05, 3.63) is 51.5 Å². The summed E-state index contributed by atoms with van der Waals surface area (Å²) in [5.74, 6) is 0. The molecule has 0 fully saturated rings. The van der Waals surface area contributed by atoms with Crippen molar-refractivity contribution >= 4 is 22.9 Å². The van der Waals surface area contributed by atoms with Gasteiger partial charge in [0.1, 0.15) is 0 Å². The van der Waals surface area contributed by atoms with Gasteiger partial charge in [-0.3, -0.25) is 4.98 Å². The number of aryl methyl sites for hydroxylation is 2. The third-order valence-corrected chi connectivity index (χ3v) is 4.44. The summed E-state index contributed by atoms with van der Waals surface area (Å²) in [5, 5.41) is 0.0693. The highest BCUT2D eigenvalue weighted by Gasteiger charge is 2.12. The van der Waals surface area contributed by atoms with E-state index in [0.29, 0.717) is 0 Å². The summed E-state index contributed by atoms with van der Waals surface area (Å²) in [6.07, 6.45) is 4.48. The fourth-order valence-corrected chi connectivity index (χ4v) is 2.98. The second-order valence-electron chi connectivity index (χ2n) is 3.92. The lowest BCUT2D eigenvalue weighted by molar-refractivity contribution is 0.935. The number of pyridine rings is 1. The Morgan fingerprint density at radius 1 is 1.31 bits per heavy atom. The SMILES string of the molecule is Cc1cc(C(Cl)Cc2ccncc2)sc1C. The maximum atomic E-state index is 6.42. The van der Waals surface area contributed by atoms with E-state index in [4.69, 9.17) is 11.6 Å². The van der Waals surface area contributed by atoms with E-state index in [2.05, 4.69) is 24.9 Å². The third kappa shape index (κ3) is 2.63. The third-order valence-electron chi connectivity index (χ3n) is 2.66. The fourth-order valence-electron chi connectivity index (χ4n) is 1.58. The maximum Gasteiger partial charge on any atom is 0.0719 e. The van der Waals surface area contributed by atoms with E-state index in [1.54, 1.807) is 11.3 Å². The average molecular weight is 252 g/mol. The average Bonchev–Trinajstić information content (AvgIpc) is 2.61. The van der Waals surface area contributed by atoms with Crippen LogP contribution in [0.1, 0.15) is 26.3 Å². The van der Waals surface area contributed by atoms with Crippen molar-refractivity contribution in [2.45, 2.75) is 25.6 Å². The summed E-state index contributed by atoms with van der Waals surface area (Å²) >= 11 is 8.21. The van der Waals surface area contributed by atoms with Gasteiger partial charge in [0.15, 0.2) is 0 Å². The van der Waals surface area contributed by atoms with Crippen molar-refractivity contribution in [3.63, 3.8) is 0 Å². The first-order valence-corrected chi connectivity index (χ1v) is 6.52. The van der Waals surface area contributed by atoms with Crippen LogP contribution in [0.15, 0.2) is 30.6 Å². The molecule has 84 valence electrons. The molecule has 1 unspecified atom stereocenters. The van der Waals surface area contributed by atoms with Gasteiger partial charge >= 0.3 is 0 Å². The van der Waals surface area contributed by atoms with E-state index in [1.165, 1.54) is 20.9 Å². The van der Waals surface area contributed by atoms with Crippen molar-refractivity contribution in [3.8, 4) is 0 Å². The summed E-state index contributed by atoms with van der Waals surface area (Å²) in [6, 6.07) is 6.23. The summed E-state index contributed by atoms with van der Waals surface area (Å²) in [7, 11) is 0. The van der Waals surface area contributed by atoms with Gasteiger partial charge in [-0.25, -0.2) is 0 Å². The lowest BCUT2D eigenvalue weighted by Gasteiger charge is -2.06. The van der Waals surface area contributed by atoms with Crippen LogP contribution in [0.5, 0.6) is 0 Å². The first-order chi connectivity index (χ1) is 7.66. The number of hydrogen-bond donors (Lipinski definition) is 0. The molecule has 0 aliphatic carbocycles. The van der Waals surface area contributed by atoms with Gasteiger partial charge in [0.05, 0.1) is 5.38 Å². The minimum absolute atomic E-state index is 0.0693. The molecule has 0 radical (unpaired) electrons. The maximum absolute atomic E-state index is 6.42. The second kappa shape index (κ2) is 4.98. The molecule has 0 aromatic carbocycles. The fraction of sp³-hybridized carbons (Fsp3) is 0.308. The molecule has 2 aromatic rings. The molecular formula is C13H14ClNS. The molecular weight excluding hydrogens is 238 g/mol. The van der Waals surface area contributed by atoms with Crippen molar-refractivity contribution < 1.29 is 0 Å².